The fourth-order valence-electron chi connectivity index (χ4n) is 7.78. The van der Waals surface area contributed by atoms with Gasteiger partial charge >= 0.3 is 6.09 Å². The van der Waals surface area contributed by atoms with Gasteiger partial charge in [0.1, 0.15) is 29.8 Å². The molecule has 0 radical (unpaired) electrons. The number of fused-ring (bicyclic) bond motifs is 2. The number of ether oxygens (including phenoxy) is 1. The first-order valence-corrected chi connectivity index (χ1v) is 20.8. The van der Waals surface area contributed by atoms with Crippen LogP contribution in [-0.4, -0.2) is 85.0 Å². The number of nitrogens with one attached hydrogen (secondary N) is 3. The molecule has 54 heavy (non-hydrogen) atoms. The van der Waals surface area contributed by atoms with Crippen LogP contribution in [0.5, 0.6) is 0 Å². The lowest BCUT2D eigenvalue weighted by Crippen LogP contribution is -2.58. The molecule has 3 N–H and O–H groups in total. The zero-order valence-corrected chi connectivity index (χ0v) is 31.2. The maximum absolute atomic E-state index is 14.4. The lowest BCUT2D eigenvalue weighted by molar-refractivity contribution is -0.141. The van der Waals surface area contributed by atoms with Crippen LogP contribution in [0.3, 0.4) is 0 Å². The van der Waals surface area contributed by atoms with Crippen molar-refractivity contribution in [2.75, 3.05) is 6.54 Å². The smallest absolute Gasteiger partial charge is 0.408 e. The number of amides is 4. The highest BCUT2D eigenvalue weighted by molar-refractivity contribution is 7.91. The number of alkyl carbamates (subject to hydrolysis) is 1. The van der Waals surface area contributed by atoms with Crippen molar-refractivity contribution in [3.05, 3.63) is 72.3 Å². The molecule has 4 fully saturated rings. The highest BCUT2D eigenvalue weighted by atomic mass is 32.2. The Morgan fingerprint density at radius 1 is 0.907 bits per heavy atom. The van der Waals surface area contributed by atoms with Crippen molar-refractivity contribution in [1.29, 1.82) is 0 Å². The van der Waals surface area contributed by atoms with Crippen LogP contribution in [0.4, 0.5) is 4.79 Å². The minimum atomic E-state index is -3.87. The summed E-state index contributed by atoms with van der Waals surface area (Å²) in [4.78, 5) is 62.6. The zero-order valence-electron chi connectivity index (χ0n) is 30.4. The van der Waals surface area contributed by atoms with E-state index >= 15 is 0 Å². The number of hydrogen-bond acceptors (Lipinski definition) is 9. The van der Waals surface area contributed by atoms with Crippen molar-refractivity contribution < 1.29 is 37.2 Å². The van der Waals surface area contributed by atoms with E-state index in [4.69, 9.17) is 9.57 Å². The van der Waals surface area contributed by atoms with Gasteiger partial charge < -0.3 is 25.1 Å². The summed E-state index contributed by atoms with van der Waals surface area (Å²) in [5.41, 5.74) is 1.38. The molecular formula is C40H49N5O8S. The van der Waals surface area contributed by atoms with Crippen molar-refractivity contribution >= 4 is 40.1 Å². The molecule has 3 aliphatic carbocycles. The van der Waals surface area contributed by atoms with Crippen molar-refractivity contribution in [1.82, 2.24) is 20.3 Å². The van der Waals surface area contributed by atoms with Gasteiger partial charge in [-0.05, 0) is 87.0 Å². The monoisotopic (exact) mass is 759 g/mol. The number of hydrogen-bond donors (Lipinski definition) is 3. The Morgan fingerprint density at radius 3 is 2.44 bits per heavy atom. The Balaban J connectivity index is 1.11. The first-order valence-electron chi connectivity index (χ1n) is 19.3. The van der Waals surface area contributed by atoms with Gasteiger partial charge in [-0.1, -0.05) is 78.7 Å². The molecule has 2 heterocycles. The number of nitrogens with zero attached hydrogens (tertiary/aromatic N) is 2. The Labute approximate surface area is 316 Å². The van der Waals surface area contributed by atoms with Crippen molar-refractivity contribution in [2.24, 2.45) is 11.1 Å². The summed E-state index contributed by atoms with van der Waals surface area (Å²) in [6.07, 6.45) is 12.0. The first-order chi connectivity index (χ1) is 26.1. The summed E-state index contributed by atoms with van der Waals surface area (Å²) in [6, 6.07) is 15.7. The third-order valence-corrected chi connectivity index (χ3v) is 12.9. The van der Waals surface area contributed by atoms with Gasteiger partial charge in [0.2, 0.25) is 21.8 Å². The van der Waals surface area contributed by atoms with Crippen LogP contribution in [0.25, 0.3) is 11.1 Å². The van der Waals surface area contributed by atoms with Crippen molar-refractivity contribution in [3.63, 3.8) is 0 Å². The first kappa shape index (κ1) is 37.6. The fraction of sp³-hybridized carbons (Fsp3) is 0.525. The Kier molecular flexibility index (Phi) is 11.4. The molecule has 7 rings (SSSR count). The molecule has 2 aromatic carbocycles. The second-order valence-electron chi connectivity index (χ2n) is 15.2. The average Bonchev–Trinajstić information content (AvgIpc) is 4.04. The van der Waals surface area contributed by atoms with Gasteiger partial charge in [-0.25, -0.2) is 13.2 Å². The molecule has 1 unspecified atom stereocenters. The SMILES string of the molecule is O=C(N[C@H]1CCCCC/C=C\[C@@H]2CC2(C(=O)NS(=O)(=O)C2CC2)NC(=O)[C@@H]2C[C@@H](O/N=C/c3cccc(-c4ccccc4)c3)CN2C1=O)OC1CCCC1. The minimum Gasteiger partial charge on any atom is -0.446 e. The predicted octanol–water partition coefficient (Wildman–Crippen LogP) is 4.71. The molecule has 2 aliphatic heterocycles. The Bertz CT molecular complexity index is 1880. The molecule has 5 aliphatic rings. The summed E-state index contributed by atoms with van der Waals surface area (Å²) in [5.74, 6) is -2.25. The molecule has 288 valence electrons. The largest absolute Gasteiger partial charge is 0.446 e. The van der Waals surface area contributed by atoms with Crippen LogP contribution in [0, 0.1) is 5.92 Å². The van der Waals surface area contributed by atoms with E-state index in [0.717, 1.165) is 55.2 Å². The van der Waals surface area contributed by atoms with Gasteiger partial charge in [0.05, 0.1) is 18.0 Å². The lowest BCUT2D eigenvalue weighted by atomic mass is 10.0. The molecule has 14 heteroatoms. The highest BCUT2D eigenvalue weighted by Gasteiger charge is 2.62. The summed E-state index contributed by atoms with van der Waals surface area (Å²) in [6.45, 7) is 0.00670. The van der Waals surface area contributed by atoms with Crippen LogP contribution in [0.1, 0.15) is 89.0 Å². The van der Waals surface area contributed by atoms with E-state index in [1.54, 1.807) is 6.21 Å². The molecule has 0 bridgehead atoms. The van der Waals surface area contributed by atoms with Gasteiger partial charge in [-0.2, -0.15) is 0 Å². The van der Waals surface area contributed by atoms with Gasteiger partial charge in [-0.3, -0.25) is 19.1 Å². The van der Waals surface area contributed by atoms with Gasteiger partial charge in [0.15, 0.2) is 0 Å². The van der Waals surface area contributed by atoms with E-state index in [-0.39, 0.29) is 25.5 Å². The summed E-state index contributed by atoms with van der Waals surface area (Å²) in [5, 5.41) is 9.30. The maximum atomic E-state index is 14.4. The van der Waals surface area contributed by atoms with Crippen LogP contribution >= 0.6 is 0 Å². The molecule has 2 aromatic rings. The number of carbonyl (C=O) groups excluding carboxylic acids is 4. The van der Waals surface area contributed by atoms with E-state index < -0.39 is 68.7 Å². The van der Waals surface area contributed by atoms with Gasteiger partial charge in [0.25, 0.3) is 5.91 Å². The van der Waals surface area contributed by atoms with Crippen LogP contribution in [0.2, 0.25) is 0 Å². The zero-order chi connectivity index (χ0) is 37.7. The lowest BCUT2D eigenvalue weighted by Gasteiger charge is -2.30. The van der Waals surface area contributed by atoms with Gasteiger partial charge in [-0.15, -0.1) is 0 Å². The quantitative estimate of drug-likeness (QED) is 0.187. The second kappa shape index (κ2) is 16.3. The number of allylic oxidation sites excluding steroid dienone is 1. The third-order valence-electron chi connectivity index (χ3n) is 11.1. The molecule has 0 aromatic heterocycles. The maximum Gasteiger partial charge on any atom is 0.408 e. The molecule has 4 amide bonds. The number of rotatable bonds is 9. The minimum absolute atomic E-state index is 0.00670. The molecule has 13 nitrogen and oxygen atoms in total. The summed E-state index contributed by atoms with van der Waals surface area (Å²) < 4.78 is 33.5. The number of benzene rings is 2. The Hall–Kier alpha value is -4.72. The average molecular weight is 760 g/mol. The van der Waals surface area contributed by atoms with E-state index in [9.17, 15) is 27.6 Å². The van der Waals surface area contributed by atoms with Crippen LogP contribution in [0.15, 0.2) is 71.9 Å². The predicted molar refractivity (Wildman–Crippen MR) is 201 cm³/mol. The molecular weight excluding hydrogens is 711 g/mol. The standard InChI is InChI=1S/C40H49N5O8S/c46-36-35-23-32(53-41-25-27-12-11-15-29(22-27)28-13-5-4-6-14-28)26-45(35)37(47)34(42-39(49)52-31-17-9-10-18-31)19-8-3-1-2-7-16-30-24-40(30,43-36)38(48)44-54(50,51)33-20-21-33/h4-7,11-16,22,25,30-35H,1-3,8-10,17-21,23-24,26H2,(H,42,49)(H,43,46)(H,44,48)/b16-7-,41-25+/t30-,32-,34+,35+,40?/m1/s1. The highest BCUT2D eigenvalue weighted by Crippen LogP contribution is 2.46. The van der Waals surface area contributed by atoms with E-state index in [1.807, 2.05) is 66.7 Å². The van der Waals surface area contributed by atoms with Crippen molar-refractivity contribution in [3.8, 4) is 11.1 Å². The van der Waals surface area contributed by atoms with E-state index in [1.165, 1.54) is 4.90 Å². The van der Waals surface area contributed by atoms with Gasteiger partial charge in [0, 0.05) is 12.3 Å². The van der Waals surface area contributed by atoms with Crippen LogP contribution in [-0.2, 0) is 34.0 Å². The molecule has 5 atom stereocenters. The van der Waals surface area contributed by atoms with E-state index in [2.05, 4.69) is 20.5 Å². The number of carbonyl (C=O) groups is 4. The third kappa shape index (κ3) is 8.97. The number of oxime groups is 1. The summed E-state index contributed by atoms with van der Waals surface area (Å²) in [7, 11) is -3.87. The second-order valence-corrected chi connectivity index (χ2v) is 17.2. The summed E-state index contributed by atoms with van der Waals surface area (Å²) >= 11 is 0. The van der Waals surface area contributed by atoms with Crippen molar-refractivity contribution in [2.45, 2.75) is 119 Å². The molecule has 0 spiro atoms. The van der Waals surface area contributed by atoms with Crippen LogP contribution < -0.4 is 15.4 Å². The topological polar surface area (TPSA) is 173 Å². The molecule has 1 saturated heterocycles. The normalized spacial score (nSPS) is 28.6. The number of sulfonamides is 1. The van der Waals surface area contributed by atoms with E-state index in [0.29, 0.717) is 32.1 Å². The molecule has 3 saturated carbocycles. The Morgan fingerprint density at radius 2 is 1.67 bits per heavy atom. The fourth-order valence-corrected chi connectivity index (χ4v) is 9.14.